The molecule has 0 aromatic heterocycles. The zero-order chi connectivity index (χ0) is 19.2. The van der Waals surface area contributed by atoms with Crippen molar-refractivity contribution in [2.75, 3.05) is 7.11 Å². The first-order valence-electron chi connectivity index (χ1n) is 7.38. The van der Waals surface area contributed by atoms with E-state index in [4.69, 9.17) is 10.5 Å². The standard InChI is InChI=1S/C16H17F3N2O4/c1-14(2)4-9(22)12-10(5-14)25-13(21)8(7-20)15(12,16(17,18)19)6-11(23)24-3/h4-6,21H2,1-3H3/t15-/m1/s1. The zero-order valence-electron chi connectivity index (χ0n) is 13.9. The molecule has 0 aromatic carbocycles. The van der Waals surface area contributed by atoms with Crippen LogP contribution in [-0.2, 0) is 19.1 Å². The minimum Gasteiger partial charge on any atom is -0.469 e. The number of rotatable bonds is 2. The summed E-state index contributed by atoms with van der Waals surface area (Å²) in [6.07, 6.45) is -6.54. The number of ether oxygens (including phenoxy) is 2. The lowest BCUT2D eigenvalue weighted by atomic mass is 9.62. The maximum atomic E-state index is 14.1. The molecule has 0 radical (unpaired) electrons. The first-order valence-corrected chi connectivity index (χ1v) is 7.38. The average Bonchev–Trinajstić information content (AvgIpc) is 2.43. The van der Waals surface area contributed by atoms with Gasteiger partial charge in [0.15, 0.2) is 5.78 Å². The van der Waals surface area contributed by atoms with Crippen molar-refractivity contribution in [2.24, 2.45) is 16.6 Å². The molecular weight excluding hydrogens is 341 g/mol. The Balaban J connectivity index is 2.83. The quantitative estimate of drug-likeness (QED) is 0.761. The van der Waals surface area contributed by atoms with Gasteiger partial charge in [-0.15, -0.1) is 0 Å². The van der Waals surface area contributed by atoms with Crippen LogP contribution < -0.4 is 5.73 Å². The minimum atomic E-state index is -5.13. The third-order valence-corrected chi connectivity index (χ3v) is 4.40. The van der Waals surface area contributed by atoms with Crippen LogP contribution in [-0.4, -0.2) is 25.0 Å². The number of Topliss-reactive ketones (excluding diaryl/α,β-unsaturated/α-hetero) is 1. The number of allylic oxidation sites excluding steroid dienone is 3. The smallest absolute Gasteiger partial charge is 0.404 e. The van der Waals surface area contributed by atoms with Crippen molar-refractivity contribution in [2.45, 2.75) is 39.3 Å². The van der Waals surface area contributed by atoms with Crippen LogP contribution in [0.2, 0.25) is 0 Å². The van der Waals surface area contributed by atoms with Crippen molar-refractivity contribution in [3.63, 3.8) is 0 Å². The molecule has 1 aliphatic heterocycles. The van der Waals surface area contributed by atoms with E-state index in [9.17, 15) is 28.0 Å². The molecule has 1 heterocycles. The van der Waals surface area contributed by atoms with E-state index in [1.165, 1.54) is 6.07 Å². The Labute approximate surface area is 142 Å². The molecule has 0 fully saturated rings. The minimum absolute atomic E-state index is 0.0203. The molecule has 1 atom stereocenters. The fraction of sp³-hybridized carbons (Fsp3) is 0.562. The Kier molecular flexibility index (Phi) is 4.36. The lowest BCUT2D eigenvalue weighted by Gasteiger charge is -2.44. The molecule has 0 unspecified atom stereocenters. The Hall–Kier alpha value is -2.50. The number of esters is 1. The highest BCUT2D eigenvalue weighted by Crippen LogP contribution is 2.59. The van der Waals surface area contributed by atoms with Gasteiger partial charge in [-0.3, -0.25) is 9.59 Å². The summed E-state index contributed by atoms with van der Waals surface area (Å²) in [5.74, 6) is -3.05. The Morgan fingerprint density at radius 1 is 1.40 bits per heavy atom. The largest absolute Gasteiger partial charge is 0.469 e. The fourth-order valence-electron chi connectivity index (χ4n) is 3.35. The lowest BCUT2D eigenvalue weighted by molar-refractivity contribution is -0.206. The predicted molar refractivity (Wildman–Crippen MR) is 78.1 cm³/mol. The molecule has 1 aliphatic carbocycles. The third-order valence-electron chi connectivity index (χ3n) is 4.40. The van der Waals surface area contributed by atoms with E-state index in [-0.39, 0.29) is 18.6 Å². The molecule has 0 aromatic rings. The topological polar surface area (TPSA) is 102 Å². The molecule has 2 rings (SSSR count). The van der Waals surface area contributed by atoms with Gasteiger partial charge in [0.05, 0.1) is 19.1 Å². The summed E-state index contributed by atoms with van der Waals surface area (Å²) in [4.78, 5) is 24.3. The number of carbonyl (C=O) groups is 2. The normalized spacial score (nSPS) is 25.9. The van der Waals surface area contributed by atoms with Crippen molar-refractivity contribution in [3.05, 3.63) is 22.8 Å². The number of nitrogens with two attached hydrogens (primary N) is 1. The highest BCUT2D eigenvalue weighted by atomic mass is 19.4. The number of methoxy groups -OCH3 is 1. The predicted octanol–water partition coefficient (Wildman–Crippen LogP) is 2.47. The van der Waals surface area contributed by atoms with Crippen LogP contribution in [0.25, 0.3) is 0 Å². The van der Waals surface area contributed by atoms with Gasteiger partial charge in [0, 0.05) is 12.8 Å². The summed E-state index contributed by atoms with van der Waals surface area (Å²) in [7, 11) is 0.923. The van der Waals surface area contributed by atoms with Gasteiger partial charge >= 0.3 is 12.1 Å². The van der Waals surface area contributed by atoms with Crippen LogP contribution in [0.15, 0.2) is 22.8 Å². The molecule has 136 valence electrons. The SMILES string of the molecule is COC(=O)C[C@@]1(C(F)(F)F)C(C#N)=C(N)OC2=C1C(=O)CC(C)(C)C2. The molecule has 25 heavy (non-hydrogen) atoms. The molecular formula is C16H17F3N2O4. The van der Waals surface area contributed by atoms with E-state index in [1.54, 1.807) is 13.8 Å². The number of hydrogen-bond acceptors (Lipinski definition) is 6. The fourth-order valence-corrected chi connectivity index (χ4v) is 3.35. The third kappa shape index (κ3) is 2.86. The maximum absolute atomic E-state index is 14.1. The van der Waals surface area contributed by atoms with Gasteiger partial charge in [-0.1, -0.05) is 13.8 Å². The molecule has 6 nitrogen and oxygen atoms in total. The molecule has 0 spiro atoms. The highest BCUT2D eigenvalue weighted by Gasteiger charge is 2.67. The number of halogens is 3. The second-order valence-corrected chi connectivity index (χ2v) is 6.85. The van der Waals surface area contributed by atoms with Gasteiger partial charge < -0.3 is 15.2 Å². The number of nitriles is 1. The van der Waals surface area contributed by atoms with Crippen molar-refractivity contribution in [1.82, 2.24) is 0 Å². The van der Waals surface area contributed by atoms with E-state index in [2.05, 4.69) is 4.74 Å². The first kappa shape index (κ1) is 18.8. The van der Waals surface area contributed by atoms with Crippen molar-refractivity contribution < 1.29 is 32.2 Å². The van der Waals surface area contributed by atoms with E-state index >= 15 is 0 Å². The van der Waals surface area contributed by atoms with Crippen LogP contribution >= 0.6 is 0 Å². The van der Waals surface area contributed by atoms with Gasteiger partial charge in [0.1, 0.15) is 22.8 Å². The van der Waals surface area contributed by atoms with Crippen molar-refractivity contribution >= 4 is 11.8 Å². The van der Waals surface area contributed by atoms with Crippen molar-refractivity contribution in [3.8, 4) is 6.07 Å². The van der Waals surface area contributed by atoms with Gasteiger partial charge in [0.25, 0.3) is 0 Å². The number of carbonyl (C=O) groups excluding carboxylic acids is 2. The summed E-state index contributed by atoms with van der Waals surface area (Å²) in [6.45, 7) is 3.40. The van der Waals surface area contributed by atoms with Gasteiger partial charge in [0.2, 0.25) is 5.88 Å². The Morgan fingerprint density at radius 3 is 2.48 bits per heavy atom. The Morgan fingerprint density at radius 2 is 2.00 bits per heavy atom. The molecule has 2 N–H and O–H groups in total. The van der Waals surface area contributed by atoms with Crippen LogP contribution in [0.1, 0.15) is 33.1 Å². The first-order chi connectivity index (χ1) is 11.4. The zero-order valence-corrected chi connectivity index (χ0v) is 13.9. The summed E-state index contributed by atoms with van der Waals surface area (Å²) < 4.78 is 52.0. The van der Waals surface area contributed by atoms with E-state index < -0.39 is 52.2 Å². The second-order valence-electron chi connectivity index (χ2n) is 6.85. The number of alkyl halides is 3. The van der Waals surface area contributed by atoms with Gasteiger partial charge in [-0.05, 0) is 5.41 Å². The number of nitrogens with zero attached hydrogens (tertiary/aromatic N) is 1. The van der Waals surface area contributed by atoms with E-state index in [0.29, 0.717) is 0 Å². The van der Waals surface area contributed by atoms with Gasteiger partial charge in [-0.2, -0.15) is 18.4 Å². The summed E-state index contributed by atoms with van der Waals surface area (Å²) in [6, 6.07) is 1.37. The van der Waals surface area contributed by atoms with Gasteiger partial charge in [-0.25, -0.2) is 0 Å². The lowest BCUT2D eigenvalue weighted by Crippen LogP contribution is -2.50. The average molecular weight is 358 g/mol. The molecule has 0 saturated carbocycles. The summed E-state index contributed by atoms with van der Waals surface area (Å²) >= 11 is 0. The summed E-state index contributed by atoms with van der Waals surface area (Å²) in [5.41, 5.74) is 0.0257. The number of ketones is 1. The van der Waals surface area contributed by atoms with Crippen LogP contribution in [0.5, 0.6) is 0 Å². The summed E-state index contributed by atoms with van der Waals surface area (Å²) in [5, 5.41) is 9.27. The maximum Gasteiger partial charge on any atom is 0.404 e. The molecule has 0 bridgehead atoms. The van der Waals surface area contributed by atoms with E-state index in [0.717, 1.165) is 7.11 Å². The van der Waals surface area contributed by atoms with E-state index in [1.807, 2.05) is 0 Å². The second kappa shape index (κ2) is 5.79. The molecule has 2 aliphatic rings. The Bertz CT molecular complexity index is 743. The monoisotopic (exact) mass is 358 g/mol. The van der Waals surface area contributed by atoms with Crippen molar-refractivity contribution in [1.29, 1.82) is 5.26 Å². The van der Waals surface area contributed by atoms with Crippen LogP contribution in [0.3, 0.4) is 0 Å². The molecule has 0 saturated heterocycles. The van der Waals surface area contributed by atoms with Crippen LogP contribution in [0, 0.1) is 22.2 Å². The highest BCUT2D eigenvalue weighted by molar-refractivity contribution is 6.00. The number of hydrogen-bond donors (Lipinski definition) is 1. The molecule has 9 heteroatoms. The van der Waals surface area contributed by atoms with Crippen LogP contribution in [0.4, 0.5) is 13.2 Å². The molecule has 0 amide bonds.